The van der Waals surface area contributed by atoms with Gasteiger partial charge in [-0.2, -0.15) is 0 Å². The van der Waals surface area contributed by atoms with E-state index in [1.807, 2.05) is 12.1 Å². The van der Waals surface area contributed by atoms with Crippen molar-refractivity contribution in [2.24, 2.45) is 5.73 Å². The van der Waals surface area contributed by atoms with E-state index in [2.05, 4.69) is 10.3 Å². The number of hydrogen-bond donors (Lipinski definition) is 2. The van der Waals surface area contributed by atoms with Crippen LogP contribution < -0.4 is 11.1 Å². The van der Waals surface area contributed by atoms with E-state index in [1.54, 1.807) is 23.7 Å². The third kappa shape index (κ3) is 3.37. The third-order valence-corrected chi connectivity index (χ3v) is 6.39. The molecule has 4 heterocycles. The molecule has 3 aromatic rings. The fourth-order valence-corrected chi connectivity index (χ4v) is 4.94. The number of anilines is 1. The van der Waals surface area contributed by atoms with Crippen LogP contribution in [0.4, 0.5) is 5.69 Å². The van der Waals surface area contributed by atoms with Crippen molar-refractivity contribution < 1.29 is 9.15 Å². The Kier molecular flexibility index (Phi) is 4.88. The molecule has 2 atom stereocenters. The Morgan fingerprint density at radius 3 is 3.04 bits per heavy atom. The molecule has 132 valence electrons. The van der Waals surface area contributed by atoms with Crippen LogP contribution in [0.5, 0.6) is 0 Å². The SMILES string of the molecule is N[C@@H]1CCOC[C@H]1c1sc2c(NCc3ccco3)cc(Cl)nc2c1Cl. The van der Waals surface area contributed by atoms with E-state index in [0.717, 1.165) is 27.4 Å². The van der Waals surface area contributed by atoms with E-state index < -0.39 is 0 Å². The van der Waals surface area contributed by atoms with Gasteiger partial charge in [-0.3, -0.25) is 0 Å². The molecule has 1 aliphatic rings. The van der Waals surface area contributed by atoms with Crippen molar-refractivity contribution in [2.45, 2.75) is 24.9 Å². The molecule has 3 aromatic heterocycles. The fourth-order valence-electron chi connectivity index (χ4n) is 3.02. The molecule has 0 saturated carbocycles. The summed E-state index contributed by atoms with van der Waals surface area (Å²) >= 11 is 14.4. The highest BCUT2D eigenvalue weighted by Gasteiger charge is 2.29. The van der Waals surface area contributed by atoms with Crippen LogP contribution >= 0.6 is 34.5 Å². The molecule has 0 amide bonds. The summed E-state index contributed by atoms with van der Waals surface area (Å²) in [7, 11) is 0. The second-order valence-corrected chi connectivity index (χ2v) is 7.83. The van der Waals surface area contributed by atoms with Crippen molar-refractivity contribution in [3.63, 3.8) is 0 Å². The van der Waals surface area contributed by atoms with Gasteiger partial charge in [0.25, 0.3) is 0 Å². The lowest BCUT2D eigenvalue weighted by Gasteiger charge is -2.28. The Morgan fingerprint density at radius 2 is 2.28 bits per heavy atom. The molecule has 0 radical (unpaired) electrons. The van der Waals surface area contributed by atoms with Crippen LogP contribution in [0.15, 0.2) is 28.9 Å². The molecular weight excluding hydrogens is 381 g/mol. The maximum Gasteiger partial charge on any atom is 0.131 e. The van der Waals surface area contributed by atoms with Crippen LogP contribution in [0.25, 0.3) is 10.2 Å². The van der Waals surface area contributed by atoms with Gasteiger partial charge in [0.1, 0.15) is 16.4 Å². The number of nitrogens with one attached hydrogen (secondary N) is 1. The van der Waals surface area contributed by atoms with E-state index in [-0.39, 0.29) is 12.0 Å². The minimum atomic E-state index is 0.0364. The number of furan rings is 1. The second kappa shape index (κ2) is 7.13. The van der Waals surface area contributed by atoms with Crippen LogP contribution in [0, 0.1) is 0 Å². The lowest BCUT2D eigenvalue weighted by Crippen LogP contribution is -2.36. The van der Waals surface area contributed by atoms with Crippen molar-refractivity contribution in [3.05, 3.63) is 45.3 Å². The quantitative estimate of drug-likeness (QED) is 0.627. The molecule has 1 aliphatic heterocycles. The summed E-state index contributed by atoms with van der Waals surface area (Å²) in [6.07, 6.45) is 2.48. The number of pyridine rings is 1. The van der Waals surface area contributed by atoms with Gasteiger partial charge in [-0.25, -0.2) is 4.98 Å². The van der Waals surface area contributed by atoms with Crippen LogP contribution in [-0.2, 0) is 11.3 Å². The largest absolute Gasteiger partial charge is 0.467 e. The van der Waals surface area contributed by atoms with Gasteiger partial charge in [-0.15, -0.1) is 11.3 Å². The number of rotatable bonds is 4. The monoisotopic (exact) mass is 397 g/mol. The summed E-state index contributed by atoms with van der Waals surface area (Å²) in [4.78, 5) is 5.43. The summed E-state index contributed by atoms with van der Waals surface area (Å²) in [6.45, 7) is 1.83. The predicted octanol–water partition coefficient (Wildman–Crippen LogP) is 4.64. The van der Waals surface area contributed by atoms with E-state index in [9.17, 15) is 0 Å². The Hall–Kier alpha value is -1.31. The van der Waals surface area contributed by atoms with Crippen molar-refractivity contribution >= 4 is 50.4 Å². The molecule has 0 aromatic carbocycles. The third-order valence-electron chi connectivity index (χ3n) is 4.36. The zero-order chi connectivity index (χ0) is 17.4. The van der Waals surface area contributed by atoms with E-state index >= 15 is 0 Å². The van der Waals surface area contributed by atoms with Crippen LogP contribution in [0.2, 0.25) is 10.2 Å². The number of halogens is 2. The molecule has 3 N–H and O–H groups in total. The minimum Gasteiger partial charge on any atom is -0.467 e. The maximum absolute atomic E-state index is 6.63. The lowest BCUT2D eigenvalue weighted by atomic mass is 9.95. The number of aromatic nitrogens is 1. The number of nitrogens with zero attached hydrogens (tertiary/aromatic N) is 1. The number of hydrogen-bond acceptors (Lipinski definition) is 6. The highest BCUT2D eigenvalue weighted by Crippen LogP contribution is 2.44. The molecule has 1 fully saturated rings. The number of ether oxygens (including phenoxy) is 1. The zero-order valence-electron chi connectivity index (χ0n) is 13.3. The van der Waals surface area contributed by atoms with Crippen LogP contribution in [0.1, 0.15) is 23.0 Å². The van der Waals surface area contributed by atoms with Crippen molar-refractivity contribution in [2.75, 3.05) is 18.5 Å². The molecule has 0 bridgehead atoms. The summed E-state index contributed by atoms with van der Waals surface area (Å²) in [5, 5.41) is 4.37. The first-order chi connectivity index (χ1) is 12.1. The first kappa shape index (κ1) is 17.1. The number of thiophene rings is 1. The number of fused-ring (bicyclic) bond motifs is 1. The highest BCUT2D eigenvalue weighted by molar-refractivity contribution is 7.20. The smallest absolute Gasteiger partial charge is 0.131 e. The lowest BCUT2D eigenvalue weighted by molar-refractivity contribution is 0.0702. The summed E-state index contributed by atoms with van der Waals surface area (Å²) in [5.74, 6) is 0.920. The Morgan fingerprint density at radius 1 is 1.40 bits per heavy atom. The van der Waals surface area contributed by atoms with E-state index in [4.69, 9.17) is 38.1 Å². The average molecular weight is 398 g/mol. The Labute approximate surface area is 159 Å². The molecular formula is C17H17Cl2N3O2S. The fraction of sp³-hybridized carbons (Fsp3) is 0.353. The van der Waals surface area contributed by atoms with Gasteiger partial charge < -0.3 is 20.2 Å². The molecule has 1 saturated heterocycles. The summed E-state index contributed by atoms with van der Waals surface area (Å²) < 4.78 is 11.9. The van der Waals surface area contributed by atoms with E-state index in [0.29, 0.717) is 35.5 Å². The zero-order valence-corrected chi connectivity index (χ0v) is 15.6. The average Bonchev–Trinajstić information content (AvgIpc) is 3.22. The highest BCUT2D eigenvalue weighted by atomic mass is 35.5. The van der Waals surface area contributed by atoms with Gasteiger partial charge in [0, 0.05) is 29.5 Å². The molecule has 4 rings (SSSR count). The van der Waals surface area contributed by atoms with Crippen LogP contribution in [-0.4, -0.2) is 24.2 Å². The standard InChI is InChI=1S/C17H17Cl2N3O2S/c18-13-6-12(21-7-9-2-1-4-24-9)17-15(22-13)14(19)16(25-17)10-8-23-5-3-11(10)20/h1-2,4,6,10-11H,3,5,7-8,20H2,(H,21,22)/t10-,11-/m1/s1. The normalized spacial score (nSPS) is 20.9. The summed E-state index contributed by atoms with van der Waals surface area (Å²) in [5.41, 5.74) is 7.87. The van der Waals surface area contributed by atoms with Crippen molar-refractivity contribution in [1.29, 1.82) is 0 Å². The Bertz CT molecular complexity index is 882. The molecule has 25 heavy (non-hydrogen) atoms. The molecule has 8 heteroatoms. The topological polar surface area (TPSA) is 73.3 Å². The molecule has 0 aliphatic carbocycles. The van der Waals surface area contributed by atoms with E-state index in [1.165, 1.54) is 0 Å². The van der Waals surface area contributed by atoms with Crippen molar-refractivity contribution in [3.8, 4) is 0 Å². The molecule has 5 nitrogen and oxygen atoms in total. The molecule has 0 unspecified atom stereocenters. The van der Waals surface area contributed by atoms with Gasteiger partial charge in [0.05, 0.1) is 34.8 Å². The number of nitrogens with two attached hydrogens (primary N) is 1. The van der Waals surface area contributed by atoms with Gasteiger partial charge >= 0.3 is 0 Å². The summed E-state index contributed by atoms with van der Waals surface area (Å²) in [6, 6.07) is 5.62. The van der Waals surface area contributed by atoms with Gasteiger partial charge in [-0.1, -0.05) is 23.2 Å². The predicted molar refractivity (Wildman–Crippen MR) is 102 cm³/mol. The first-order valence-corrected chi connectivity index (χ1v) is 9.58. The Balaban J connectivity index is 1.72. The van der Waals surface area contributed by atoms with Crippen molar-refractivity contribution in [1.82, 2.24) is 4.98 Å². The van der Waals surface area contributed by atoms with Gasteiger partial charge in [0.2, 0.25) is 0 Å². The molecule has 0 spiro atoms. The van der Waals surface area contributed by atoms with Gasteiger partial charge in [-0.05, 0) is 18.6 Å². The second-order valence-electron chi connectivity index (χ2n) is 6.02. The van der Waals surface area contributed by atoms with Gasteiger partial charge in [0.15, 0.2) is 0 Å². The first-order valence-electron chi connectivity index (χ1n) is 8.01. The van der Waals surface area contributed by atoms with Crippen LogP contribution in [0.3, 0.4) is 0 Å². The minimum absolute atomic E-state index is 0.0364. The maximum atomic E-state index is 6.63.